The number of nitrogens with two attached hydrogens (primary N) is 1. The summed E-state index contributed by atoms with van der Waals surface area (Å²) < 4.78 is 0. The fourth-order valence-electron chi connectivity index (χ4n) is 2.36. The zero-order valence-corrected chi connectivity index (χ0v) is 10.0. The average molecular weight is 237 g/mol. The summed E-state index contributed by atoms with van der Waals surface area (Å²) in [5.41, 5.74) is 6.85. The molecule has 0 radical (unpaired) electrons. The van der Waals surface area contributed by atoms with E-state index in [1.54, 1.807) is 0 Å². The van der Waals surface area contributed by atoms with Crippen LogP contribution in [0.5, 0.6) is 0 Å². The van der Waals surface area contributed by atoms with Crippen molar-refractivity contribution in [3.05, 3.63) is 60.2 Å². The number of fused-ring (bicyclic) bond motifs is 3. The molecule has 90 valence electrons. The summed E-state index contributed by atoms with van der Waals surface area (Å²) in [7, 11) is 0. The molecule has 0 amide bonds. The molecule has 18 heavy (non-hydrogen) atoms. The third kappa shape index (κ3) is 1.76. The van der Waals surface area contributed by atoms with Crippen LogP contribution in [-0.4, -0.2) is 11.7 Å². The van der Waals surface area contributed by atoms with E-state index in [1.807, 2.05) is 18.2 Å². The summed E-state index contributed by atoms with van der Waals surface area (Å²) in [6.07, 6.45) is 0. The molecule has 3 N–H and O–H groups in total. The molecular formula is C16H15NO. The van der Waals surface area contributed by atoms with Crippen LogP contribution >= 0.6 is 0 Å². The Labute approximate surface area is 106 Å². The van der Waals surface area contributed by atoms with Gasteiger partial charge in [0.05, 0.1) is 12.6 Å². The van der Waals surface area contributed by atoms with E-state index in [2.05, 4.69) is 36.4 Å². The van der Waals surface area contributed by atoms with Crippen molar-refractivity contribution in [1.29, 1.82) is 0 Å². The molecule has 3 rings (SSSR count). The number of aliphatic hydroxyl groups is 1. The molecule has 0 aliphatic carbocycles. The lowest BCUT2D eigenvalue weighted by atomic mass is 9.98. The summed E-state index contributed by atoms with van der Waals surface area (Å²) in [5, 5.41) is 14.0. The van der Waals surface area contributed by atoms with Gasteiger partial charge in [-0.05, 0) is 33.2 Å². The number of hydrogen-bond donors (Lipinski definition) is 2. The molecule has 0 heterocycles. The molecule has 0 aliphatic heterocycles. The molecular weight excluding hydrogens is 222 g/mol. The van der Waals surface area contributed by atoms with Crippen LogP contribution in [-0.2, 0) is 0 Å². The molecule has 0 bridgehead atoms. The van der Waals surface area contributed by atoms with E-state index in [0.29, 0.717) is 0 Å². The fraction of sp³-hybridized carbons (Fsp3) is 0.125. The highest BCUT2D eigenvalue weighted by Crippen LogP contribution is 2.27. The number of rotatable bonds is 2. The monoisotopic (exact) mass is 237 g/mol. The van der Waals surface area contributed by atoms with Crippen molar-refractivity contribution < 1.29 is 5.11 Å². The van der Waals surface area contributed by atoms with Gasteiger partial charge in [0, 0.05) is 0 Å². The molecule has 2 nitrogen and oxygen atoms in total. The molecule has 0 saturated heterocycles. The van der Waals surface area contributed by atoms with E-state index in [9.17, 15) is 0 Å². The summed E-state index contributed by atoms with van der Waals surface area (Å²) >= 11 is 0. The SMILES string of the molecule is N[C@H](CO)c1ccc2ccc3ccccc3c2c1. The van der Waals surface area contributed by atoms with Gasteiger partial charge in [-0.2, -0.15) is 0 Å². The van der Waals surface area contributed by atoms with Gasteiger partial charge in [-0.25, -0.2) is 0 Å². The van der Waals surface area contributed by atoms with Gasteiger partial charge < -0.3 is 10.8 Å². The standard InChI is InChI=1S/C16H15NO/c17-16(10-18)13-8-7-12-6-5-11-3-1-2-4-14(11)15(12)9-13/h1-9,16,18H,10,17H2/t16-/m1/s1. The van der Waals surface area contributed by atoms with E-state index in [-0.39, 0.29) is 12.6 Å². The van der Waals surface area contributed by atoms with Crippen LogP contribution in [0.2, 0.25) is 0 Å². The summed E-state index contributed by atoms with van der Waals surface area (Å²) in [4.78, 5) is 0. The summed E-state index contributed by atoms with van der Waals surface area (Å²) in [6.45, 7) is -0.0315. The third-order valence-corrected chi connectivity index (χ3v) is 3.40. The molecule has 0 aromatic heterocycles. The van der Waals surface area contributed by atoms with Crippen molar-refractivity contribution in [1.82, 2.24) is 0 Å². The first-order valence-corrected chi connectivity index (χ1v) is 6.07. The molecule has 2 heteroatoms. The van der Waals surface area contributed by atoms with Crippen molar-refractivity contribution in [3.63, 3.8) is 0 Å². The highest BCUT2D eigenvalue weighted by Gasteiger charge is 2.06. The van der Waals surface area contributed by atoms with Crippen LogP contribution < -0.4 is 5.73 Å². The molecule has 3 aromatic carbocycles. The van der Waals surface area contributed by atoms with E-state index in [4.69, 9.17) is 10.8 Å². The van der Waals surface area contributed by atoms with Crippen LogP contribution in [0.1, 0.15) is 11.6 Å². The largest absolute Gasteiger partial charge is 0.394 e. The zero-order valence-electron chi connectivity index (χ0n) is 10.0. The maximum absolute atomic E-state index is 9.15. The molecule has 1 atom stereocenters. The van der Waals surface area contributed by atoms with Crippen molar-refractivity contribution in [3.8, 4) is 0 Å². The third-order valence-electron chi connectivity index (χ3n) is 3.40. The topological polar surface area (TPSA) is 46.2 Å². The second kappa shape index (κ2) is 4.41. The highest BCUT2D eigenvalue weighted by molar-refractivity contribution is 6.07. The molecule has 0 spiro atoms. The molecule has 0 aliphatic rings. The van der Waals surface area contributed by atoms with Crippen LogP contribution in [0.15, 0.2) is 54.6 Å². The second-order valence-corrected chi connectivity index (χ2v) is 4.56. The minimum absolute atomic E-state index is 0.0315. The Balaban J connectivity index is 2.33. The summed E-state index contributed by atoms with van der Waals surface area (Å²) in [6, 6.07) is 18.4. The minimum Gasteiger partial charge on any atom is -0.394 e. The first-order chi connectivity index (χ1) is 8.79. The van der Waals surface area contributed by atoms with Gasteiger partial charge in [-0.1, -0.05) is 48.5 Å². The van der Waals surface area contributed by atoms with Gasteiger partial charge in [0.1, 0.15) is 0 Å². The average Bonchev–Trinajstić information content (AvgIpc) is 2.45. The lowest BCUT2D eigenvalue weighted by Gasteiger charge is -2.11. The second-order valence-electron chi connectivity index (χ2n) is 4.56. The number of benzene rings is 3. The Hall–Kier alpha value is -1.90. The van der Waals surface area contributed by atoms with Crippen molar-refractivity contribution in [2.24, 2.45) is 5.73 Å². The van der Waals surface area contributed by atoms with Gasteiger partial charge in [-0.15, -0.1) is 0 Å². The minimum atomic E-state index is -0.312. The Morgan fingerprint density at radius 2 is 1.56 bits per heavy atom. The molecule has 3 aromatic rings. The lowest BCUT2D eigenvalue weighted by molar-refractivity contribution is 0.268. The van der Waals surface area contributed by atoms with Gasteiger partial charge in [0.2, 0.25) is 0 Å². The van der Waals surface area contributed by atoms with Crippen molar-refractivity contribution in [2.45, 2.75) is 6.04 Å². The van der Waals surface area contributed by atoms with Crippen molar-refractivity contribution >= 4 is 21.5 Å². The van der Waals surface area contributed by atoms with Gasteiger partial charge in [0.15, 0.2) is 0 Å². The van der Waals surface area contributed by atoms with Gasteiger partial charge in [0.25, 0.3) is 0 Å². The quantitative estimate of drug-likeness (QED) is 0.673. The number of hydrogen-bond acceptors (Lipinski definition) is 2. The van der Waals surface area contributed by atoms with E-state index >= 15 is 0 Å². The first kappa shape index (κ1) is 11.2. The smallest absolute Gasteiger partial charge is 0.0624 e. The maximum atomic E-state index is 9.15. The molecule has 0 unspecified atom stereocenters. The molecule has 0 saturated carbocycles. The van der Waals surface area contributed by atoms with E-state index < -0.39 is 0 Å². The first-order valence-electron chi connectivity index (χ1n) is 6.07. The normalized spacial score (nSPS) is 13.0. The summed E-state index contributed by atoms with van der Waals surface area (Å²) in [5.74, 6) is 0. The Kier molecular flexibility index (Phi) is 2.74. The van der Waals surface area contributed by atoms with E-state index in [1.165, 1.54) is 21.5 Å². The van der Waals surface area contributed by atoms with Crippen LogP contribution in [0.3, 0.4) is 0 Å². The van der Waals surface area contributed by atoms with Crippen LogP contribution in [0.4, 0.5) is 0 Å². The Bertz CT molecular complexity index is 706. The predicted octanol–water partition coefficient (Wildman–Crippen LogP) is 2.99. The zero-order chi connectivity index (χ0) is 12.5. The number of aliphatic hydroxyl groups excluding tert-OH is 1. The Morgan fingerprint density at radius 1 is 0.889 bits per heavy atom. The van der Waals surface area contributed by atoms with Crippen LogP contribution in [0.25, 0.3) is 21.5 Å². The fourth-order valence-corrected chi connectivity index (χ4v) is 2.36. The predicted molar refractivity (Wildman–Crippen MR) is 75.5 cm³/mol. The van der Waals surface area contributed by atoms with E-state index in [0.717, 1.165) is 5.56 Å². The maximum Gasteiger partial charge on any atom is 0.0624 e. The molecule has 0 fully saturated rings. The Morgan fingerprint density at radius 3 is 2.33 bits per heavy atom. The highest BCUT2D eigenvalue weighted by atomic mass is 16.3. The lowest BCUT2D eigenvalue weighted by Crippen LogP contribution is -2.14. The van der Waals surface area contributed by atoms with Crippen LogP contribution in [0, 0.1) is 0 Å². The van der Waals surface area contributed by atoms with Crippen molar-refractivity contribution in [2.75, 3.05) is 6.61 Å². The van der Waals surface area contributed by atoms with Gasteiger partial charge in [-0.3, -0.25) is 0 Å². The van der Waals surface area contributed by atoms with Gasteiger partial charge >= 0.3 is 0 Å².